The summed E-state index contributed by atoms with van der Waals surface area (Å²) in [7, 11) is 0. The fourth-order valence-electron chi connectivity index (χ4n) is 1.53. The van der Waals surface area contributed by atoms with Crippen molar-refractivity contribution in [1.82, 2.24) is 24.5 Å². The molecule has 0 aliphatic heterocycles. The minimum Gasteiger partial charge on any atom is -0.314 e. The van der Waals surface area contributed by atoms with Gasteiger partial charge in [0.15, 0.2) is 5.82 Å². The van der Waals surface area contributed by atoms with E-state index in [1.54, 1.807) is 0 Å². The third-order valence-corrected chi connectivity index (χ3v) is 2.91. The van der Waals surface area contributed by atoms with Gasteiger partial charge < -0.3 is 4.57 Å². The van der Waals surface area contributed by atoms with Gasteiger partial charge in [-0.3, -0.25) is 4.79 Å². The minimum atomic E-state index is -0.0660. The highest BCUT2D eigenvalue weighted by molar-refractivity contribution is 7.06. The van der Waals surface area contributed by atoms with Crippen LogP contribution in [0.15, 0.2) is 10.3 Å². The topological polar surface area (TPSA) is 65.6 Å². The van der Waals surface area contributed by atoms with Crippen molar-refractivity contribution in [3.05, 3.63) is 26.8 Å². The van der Waals surface area contributed by atoms with E-state index in [0.717, 1.165) is 36.0 Å². The molecule has 0 aromatic carbocycles. The molecule has 0 unspecified atom stereocenters. The van der Waals surface area contributed by atoms with Crippen molar-refractivity contribution in [1.29, 1.82) is 0 Å². The molecule has 7 heteroatoms. The number of aryl methyl sites for hydroxylation is 1. The zero-order valence-corrected chi connectivity index (χ0v) is 10.1. The highest BCUT2D eigenvalue weighted by atomic mass is 32.1. The molecule has 0 saturated carbocycles. The van der Waals surface area contributed by atoms with Gasteiger partial charge in [-0.1, -0.05) is 18.3 Å². The Hall–Kier alpha value is -1.50. The molecule has 0 fully saturated rings. The van der Waals surface area contributed by atoms with Crippen LogP contribution in [0.25, 0.3) is 0 Å². The van der Waals surface area contributed by atoms with Crippen LogP contribution in [0.4, 0.5) is 0 Å². The molecule has 0 N–H and O–H groups in total. The second kappa shape index (κ2) is 4.56. The summed E-state index contributed by atoms with van der Waals surface area (Å²) in [4.78, 5) is 11.3. The Balaban J connectivity index is 2.28. The predicted molar refractivity (Wildman–Crippen MR) is 60.5 cm³/mol. The van der Waals surface area contributed by atoms with Gasteiger partial charge in [0.2, 0.25) is 0 Å². The molecule has 6 nitrogen and oxygen atoms in total. The van der Waals surface area contributed by atoms with E-state index in [-0.39, 0.29) is 4.87 Å². The number of aromatic nitrogens is 5. The Morgan fingerprint density at radius 2 is 2.25 bits per heavy atom. The highest BCUT2D eigenvalue weighted by Gasteiger charge is 2.10. The smallest absolute Gasteiger partial charge is 0.314 e. The molecular formula is C9H13N5OS. The van der Waals surface area contributed by atoms with Crippen molar-refractivity contribution in [2.45, 2.75) is 33.4 Å². The molecule has 0 bridgehead atoms. The van der Waals surface area contributed by atoms with Crippen molar-refractivity contribution in [2.75, 3.05) is 0 Å². The van der Waals surface area contributed by atoms with E-state index in [1.165, 1.54) is 10.2 Å². The molecule has 2 aromatic heterocycles. The lowest BCUT2D eigenvalue weighted by Crippen LogP contribution is -2.18. The van der Waals surface area contributed by atoms with Gasteiger partial charge in [0, 0.05) is 6.54 Å². The van der Waals surface area contributed by atoms with Crippen molar-refractivity contribution < 1.29 is 0 Å². The first-order valence-electron chi connectivity index (χ1n) is 5.11. The molecule has 2 rings (SSSR count). The Morgan fingerprint density at radius 1 is 1.44 bits per heavy atom. The van der Waals surface area contributed by atoms with Crippen molar-refractivity contribution >= 4 is 11.3 Å². The van der Waals surface area contributed by atoms with Crippen LogP contribution in [-0.2, 0) is 13.1 Å². The van der Waals surface area contributed by atoms with Gasteiger partial charge in [-0.2, -0.15) is 5.10 Å². The van der Waals surface area contributed by atoms with E-state index in [9.17, 15) is 4.79 Å². The number of rotatable bonds is 4. The first-order valence-corrected chi connectivity index (χ1v) is 5.99. The predicted octanol–water partition coefficient (Wildman–Crippen LogP) is 0.663. The summed E-state index contributed by atoms with van der Waals surface area (Å²) < 4.78 is 3.42. The summed E-state index contributed by atoms with van der Waals surface area (Å²) in [5.41, 5.74) is 1.54. The lowest BCUT2D eigenvalue weighted by molar-refractivity contribution is 0.568. The van der Waals surface area contributed by atoms with Gasteiger partial charge in [0.05, 0.1) is 0 Å². The van der Waals surface area contributed by atoms with Crippen LogP contribution in [0, 0.1) is 6.92 Å². The van der Waals surface area contributed by atoms with Crippen LogP contribution in [0.1, 0.15) is 25.0 Å². The average Bonchev–Trinajstić information content (AvgIpc) is 2.80. The molecule has 2 aromatic rings. The summed E-state index contributed by atoms with van der Waals surface area (Å²) in [6, 6.07) is 0. The average molecular weight is 239 g/mol. The van der Waals surface area contributed by atoms with Crippen molar-refractivity contribution in [3.8, 4) is 0 Å². The lowest BCUT2D eigenvalue weighted by Gasteiger charge is -2.05. The van der Waals surface area contributed by atoms with Crippen molar-refractivity contribution in [3.63, 3.8) is 0 Å². The molecule has 86 valence electrons. The van der Waals surface area contributed by atoms with E-state index < -0.39 is 0 Å². The lowest BCUT2D eigenvalue weighted by atomic mass is 10.4. The molecule has 2 heterocycles. The van der Waals surface area contributed by atoms with Crippen molar-refractivity contribution in [2.24, 2.45) is 0 Å². The fourth-order valence-corrected chi connectivity index (χ4v) is 2.01. The van der Waals surface area contributed by atoms with E-state index in [0.29, 0.717) is 6.54 Å². The first-order chi connectivity index (χ1) is 7.72. The molecule has 0 saturated heterocycles. The summed E-state index contributed by atoms with van der Waals surface area (Å²) in [5, 5.41) is 12.0. The molecule has 0 aliphatic rings. The van der Waals surface area contributed by atoms with Crippen LogP contribution in [-0.4, -0.2) is 24.5 Å². The minimum absolute atomic E-state index is 0.0660. The maximum Gasteiger partial charge on any atom is 0.325 e. The van der Waals surface area contributed by atoms with E-state index in [1.807, 2.05) is 11.5 Å². The maximum atomic E-state index is 11.4. The van der Waals surface area contributed by atoms with E-state index in [4.69, 9.17) is 0 Å². The Morgan fingerprint density at radius 3 is 2.88 bits per heavy atom. The molecule has 16 heavy (non-hydrogen) atoms. The quantitative estimate of drug-likeness (QED) is 0.786. The second-order valence-electron chi connectivity index (χ2n) is 3.48. The third-order valence-electron chi connectivity index (χ3n) is 2.30. The zero-order chi connectivity index (χ0) is 11.5. The van der Waals surface area contributed by atoms with Gasteiger partial charge in [-0.05, 0) is 13.3 Å². The first kappa shape index (κ1) is 11.0. The monoisotopic (exact) mass is 239 g/mol. The molecule has 0 radical (unpaired) electrons. The molecule has 0 atom stereocenters. The van der Waals surface area contributed by atoms with Crippen LogP contribution in [0.5, 0.6) is 0 Å². The van der Waals surface area contributed by atoms with Gasteiger partial charge >= 0.3 is 4.87 Å². The van der Waals surface area contributed by atoms with E-state index in [2.05, 4.69) is 22.2 Å². The zero-order valence-electron chi connectivity index (χ0n) is 9.25. The number of nitrogens with zero attached hydrogens (tertiary/aromatic N) is 5. The highest BCUT2D eigenvalue weighted by Crippen LogP contribution is 2.03. The van der Waals surface area contributed by atoms with Crippen LogP contribution >= 0.6 is 11.3 Å². The fraction of sp³-hybridized carbons (Fsp3) is 0.556. The summed E-state index contributed by atoms with van der Waals surface area (Å²) >= 11 is 1.09. The Bertz CT molecular complexity index is 526. The second-order valence-corrected chi connectivity index (χ2v) is 4.27. The Kier molecular flexibility index (Phi) is 3.14. The third kappa shape index (κ3) is 2.04. The number of hydrogen-bond acceptors (Lipinski definition) is 5. The largest absolute Gasteiger partial charge is 0.325 e. The van der Waals surface area contributed by atoms with Crippen LogP contribution in [0.3, 0.4) is 0 Å². The summed E-state index contributed by atoms with van der Waals surface area (Å²) in [6.07, 6.45) is 1.01. The summed E-state index contributed by atoms with van der Waals surface area (Å²) in [5.74, 6) is 1.66. The van der Waals surface area contributed by atoms with Gasteiger partial charge in [0.25, 0.3) is 0 Å². The van der Waals surface area contributed by atoms with Gasteiger partial charge in [-0.25, -0.2) is 4.68 Å². The molecule has 0 aliphatic carbocycles. The molecule has 0 spiro atoms. The standard InChI is InChI=1S/C9H13N5OS/c1-3-4-13-7(2)11-12-8(13)5-14-9(15)16-6-10-14/h6H,3-5H2,1-2H3. The SMILES string of the molecule is CCCn1c(C)nnc1Cn1ncsc1=O. The van der Waals surface area contributed by atoms with Gasteiger partial charge in [-0.15, -0.1) is 10.2 Å². The number of hydrogen-bond donors (Lipinski definition) is 0. The van der Waals surface area contributed by atoms with Crippen LogP contribution in [0.2, 0.25) is 0 Å². The van der Waals surface area contributed by atoms with E-state index >= 15 is 0 Å². The summed E-state index contributed by atoms with van der Waals surface area (Å²) in [6.45, 7) is 5.27. The maximum absolute atomic E-state index is 11.4. The molecule has 0 amide bonds. The Labute approximate surface area is 96.6 Å². The van der Waals surface area contributed by atoms with Crippen LogP contribution < -0.4 is 4.87 Å². The molecular weight excluding hydrogens is 226 g/mol. The normalized spacial score (nSPS) is 10.9. The van der Waals surface area contributed by atoms with Gasteiger partial charge in [0.1, 0.15) is 17.9 Å².